The number of allylic oxidation sites excluding steroid dienone is 2. The van der Waals surface area contributed by atoms with Gasteiger partial charge in [-0.15, -0.1) is 0 Å². The molecular formula is C12H20O4. The maximum Gasteiger partial charge on any atom is 0.309 e. The van der Waals surface area contributed by atoms with E-state index in [-0.39, 0.29) is 6.42 Å². The number of ether oxygens (including phenoxy) is 1. The molecule has 1 N–H and O–H groups in total. The van der Waals surface area contributed by atoms with Crippen LogP contribution < -0.4 is 0 Å². The Bertz CT molecular complexity index is 245. The van der Waals surface area contributed by atoms with E-state index in [4.69, 9.17) is 9.84 Å². The van der Waals surface area contributed by atoms with Crippen molar-refractivity contribution >= 4 is 11.9 Å². The molecule has 0 radical (unpaired) electrons. The van der Waals surface area contributed by atoms with Gasteiger partial charge in [-0.2, -0.15) is 0 Å². The number of carbonyl (C=O) groups excluding carboxylic acids is 1. The Hall–Kier alpha value is -1.32. The van der Waals surface area contributed by atoms with Crippen molar-refractivity contribution in [3.8, 4) is 0 Å². The van der Waals surface area contributed by atoms with Gasteiger partial charge in [0.05, 0.1) is 18.9 Å². The molecule has 0 aliphatic heterocycles. The molecule has 0 spiro atoms. The number of carboxylic acids is 1. The Morgan fingerprint density at radius 3 is 2.62 bits per heavy atom. The van der Waals surface area contributed by atoms with E-state index in [2.05, 4.69) is 0 Å². The lowest BCUT2D eigenvalue weighted by Gasteiger charge is -2.11. The van der Waals surface area contributed by atoms with Crippen molar-refractivity contribution in [1.82, 2.24) is 0 Å². The highest BCUT2D eigenvalue weighted by atomic mass is 16.5. The molecule has 0 aliphatic carbocycles. The third-order valence-electron chi connectivity index (χ3n) is 2.15. The number of esters is 1. The molecular weight excluding hydrogens is 208 g/mol. The Labute approximate surface area is 96.3 Å². The van der Waals surface area contributed by atoms with Crippen molar-refractivity contribution in [1.29, 1.82) is 0 Å². The van der Waals surface area contributed by atoms with Gasteiger partial charge in [-0.1, -0.05) is 25.5 Å². The molecule has 0 saturated carbocycles. The lowest BCUT2D eigenvalue weighted by molar-refractivity contribution is -0.153. The first-order chi connectivity index (χ1) is 7.61. The summed E-state index contributed by atoms with van der Waals surface area (Å²) in [5.74, 6) is -1.94. The zero-order valence-corrected chi connectivity index (χ0v) is 9.94. The zero-order chi connectivity index (χ0) is 12.4. The van der Waals surface area contributed by atoms with Gasteiger partial charge in [0, 0.05) is 0 Å². The molecule has 0 rings (SSSR count). The highest BCUT2D eigenvalue weighted by Crippen LogP contribution is 2.12. The van der Waals surface area contributed by atoms with Gasteiger partial charge in [-0.05, 0) is 19.8 Å². The summed E-state index contributed by atoms with van der Waals surface area (Å²) in [6.07, 6.45) is 5.60. The van der Waals surface area contributed by atoms with E-state index < -0.39 is 17.9 Å². The fourth-order valence-electron chi connectivity index (χ4n) is 1.21. The highest BCUT2D eigenvalue weighted by Gasteiger charge is 2.21. The third kappa shape index (κ3) is 7.04. The molecule has 4 heteroatoms. The van der Waals surface area contributed by atoms with Crippen LogP contribution in [0.25, 0.3) is 0 Å². The molecule has 0 aromatic carbocycles. The molecule has 16 heavy (non-hydrogen) atoms. The van der Waals surface area contributed by atoms with E-state index in [1.165, 1.54) is 0 Å². The third-order valence-corrected chi connectivity index (χ3v) is 2.15. The summed E-state index contributed by atoms with van der Waals surface area (Å²) < 4.78 is 5.01. The van der Waals surface area contributed by atoms with Crippen LogP contribution in [0.2, 0.25) is 0 Å². The van der Waals surface area contributed by atoms with E-state index in [0.717, 1.165) is 12.8 Å². The first-order valence-corrected chi connectivity index (χ1v) is 5.61. The lowest BCUT2D eigenvalue weighted by atomic mass is 10.0. The number of rotatable bonds is 8. The Kier molecular flexibility index (Phi) is 8.21. The molecule has 0 saturated heterocycles. The van der Waals surface area contributed by atoms with Crippen molar-refractivity contribution < 1.29 is 19.4 Å². The minimum Gasteiger partial charge on any atom is -0.481 e. The van der Waals surface area contributed by atoms with Gasteiger partial charge >= 0.3 is 11.9 Å². The molecule has 0 bridgehead atoms. The minimum atomic E-state index is -0.970. The van der Waals surface area contributed by atoms with Gasteiger partial charge in [0.2, 0.25) is 0 Å². The fraction of sp³-hybridized carbons (Fsp3) is 0.667. The summed E-state index contributed by atoms with van der Waals surface area (Å²) >= 11 is 0. The molecule has 1 unspecified atom stereocenters. The van der Waals surface area contributed by atoms with Crippen LogP contribution in [-0.4, -0.2) is 23.7 Å². The molecule has 4 nitrogen and oxygen atoms in total. The van der Waals surface area contributed by atoms with Crippen LogP contribution >= 0.6 is 0 Å². The fourth-order valence-corrected chi connectivity index (χ4v) is 1.21. The van der Waals surface area contributed by atoms with Crippen LogP contribution in [-0.2, 0) is 14.3 Å². The quantitative estimate of drug-likeness (QED) is 0.393. The van der Waals surface area contributed by atoms with Crippen LogP contribution in [0.5, 0.6) is 0 Å². The first kappa shape index (κ1) is 14.7. The maximum absolute atomic E-state index is 11.5. The van der Waals surface area contributed by atoms with E-state index in [1.54, 1.807) is 12.2 Å². The molecule has 92 valence electrons. The second kappa shape index (κ2) is 8.95. The second-order valence-corrected chi connectivity index (χ2v) is 3.62. The van der Waals surface area contributed by atoms with Crippen molar-refractivity contribution in [3.63, 3.8) is 0 Å². The Balaban J connectivity index is 4.14. The van der Waals surface area contributed by atoms with Crippen LogP contribution in [0.1, 0.15) is 39.5 Å². The number of unbranched alkanes of at least 4 members (excludes halogenated alkanes) is 1. The average molecular weight is 228 g/mol. The summed E-state index contributed by atoms with van der Waals surface area (Å²) in [5.41, 5.74) is 0. The molecule has 1 atom stereocenters. The summed E-state index contributed by atoms with van der Waals surface area (Å²) in [7, 11) is 0. The van der Waals surface area contributed by atoms with Crippen LogP contribution in [0.4, 0.5) is 0 Å². The molecule has 0 aliphatic rings. The summed E-state index contributed by atoms with van der Waals surface area (Å²) in [5, 5.41) is 8.67. The molecule has 0 heterocycles. The van der Waals surface area contributed by atoms with Gasteiger partial charge < -0.3 is 9.84 Å². The van der Waals surface area contributed by atoms with Gasteiger partial charge in [-0.25, -0.2) is 0 Å². The summed E-state index contributed by atoms with van der Waals surface area (Å²) in [6.45, 7) is 4.21. The predicted octanol–water partition coefficient (Wildman–Crippen LogP) is 2.39. The van der Waals surface area contributed by atoms with Gasteiger partial charge in [-0.3, -0.25) is 9.59 Å². The smallest absolute Gasteiger partial charge is 0.309 e. The van der Waals surface area contributed by atoms with E-state index in [1.807, 2.05) is 13.8 Å². The van der Waals surface area contributed by atoms with Crippen LogP contribution in [0, 0.1) is 5.92 Å². The van der Waals surface area contributed by atoms with Crippen molar-refractivity contribution in [3.05, 3.63) is 12.2 Å². The van der Waals surface area contributed by atoms with Crippen molar-refractivity contribution in [2.24, 2.45) is 5.92 Å². The van der Waals surface area contributed by atoms with Crippen molar-refractivity contribution in [2.75, 3.05) is 6.61 Å². The summed E-state index contributed by atoms with van der Waals surface area (Å²) in [6, 6.07) is 0. The first-order valence-electron chi connectivity index (χ1n) is 5.61. The van der Waals surface area contributed by atoms with E-state index in [0.29, 0.717) is 13.0 Å². The Morgan fingerprint density at radius 1 is 1.44 bits per heavy atom. The number of hydrogen-bond acceptors (Lipinski definition) is 3. The monoisotopic (exact) mass is 228 g/mol. The second-order valence-electron chi connectivity index (χ2n) is 3.62. The summed E-state index contributed by atoms with van der Waals surface area (Å²) in [4.78, 5) is 22.1. The largest absolute Gasteiger partial charge is 0.481 e. The van der Waals surface area contributed by atoms with Gasteiger partial charge in [0.25, 0.3) is 0 Å². The Morgan fingerprint density at radius 2 is 2.12 bits per heavy atom. The van der Waals surface area contributed by atoms with Crippen LogP contribution in [0.3, 0.4) is 0 Å². The predicted molar refractivity (Wildman–Crippen MR) is 61.0 cm³/mol. The lowest BCUT2D eigenvalue weighted by Crippen LogP contribution is -2.21. The number of carbonyl (C=O) groups is 2. The molecule has 0 aromatic heterocycles. The van der Waals surface area contributed by atoms with E-state index >= 15 is 0 Å². The van der Waals surface area contributed by atoms with Crippen molar-refractivity contribution in [2.45, 2.75) is 39.5 Å². The molecule has 0 aromatic rings. The topological polar surface area (TPSA) is 63.6 Å². The van der Waals surface area contributed by atoms with Crippen LogP contribution in [0.15, 0.2) is 12.2 Å². The van der Waals surface area contributed by atoms with Gasteiger partial charge in [0.1, 0.15) is 0 Å². The normalized spacial score (nSPS) is 12.6. The number of aliphatic carboxylic acids is 1. The number of carboxylic acid groups (broad SMARTS) is 1. The standard InChI is InChI=1S/C12H20O4/c1-3-5-7-10(9-11(13)14)12(15)16-8-6-4-2/h3,5,10H,4,6-9H2,1-2H3,(H,13,14). The maximum atomic E-state index is 11.5. The molecule has 0 fully saturated rings. The molecule has 0 amide bonds. The average Bonchev–Trinajstić information content (AvgIpc) is 2.23. The highest BCUT2D eigenvalue weighted by molar-refractivity contribution is 5.79. The SMILES string of the molecule is CC=CCC(CC(=O)O)C(=O)OCCCC. The zero-order valence-electron chi connectivity index (χ0n) is 9.94. The van der Waals surface area contributed by atoms with E-state index in [9.17, 15) is 9.59 Å². The minimum absolute atomic E-state index is 0.171. The van der Waals surface area contributed by atoms with Gasteiger partial charge in [0.15, 0.2) is 0 Å². The number of hydrogen-bond donors (Lipinski definition) is 1.